The minimum absolute atomic E-state index is 0.0713. The Kier molecular flexibility index (Phi) is 19.1. The molecular weight excluding hydrogens is 404 g/mol. The number of esters is 1. The van der Waals surface area contributed by atoms with E-state index in [0.29, 0.717) is 12.5 Å². The summed E-state index contributed by atoms with van der Waals surface area (Å²) < 4.78 is 5.83. The molecule has 0 aliphatic heterocycles. The lowest BCUT2D eigenvalue weighted by Gasteiger charge is -2.19. The second kappa shape index (κ2) is 21.2. The summed E-state index contributed by atoms with van der Waals surface area (Å²) in [5.74, 6) is 0.272. The van der Waals surface area contributed by atoms with Gasteiger partial charge in [-0.05, 0) is 31.2 Å². The van der Waals surface area contributed by atoms with Crippen molar-refractivity contribution in [1.82, 2.24) is 0 Å². The molecule has 33 heavy (non-hydrogen) atoms. The Balaban J connectivity index is 2.32. The van der Waals surface area contributed by atoms with Gasteiger partial charge in [-0.25, -0.2) is 0 Å². The molecule has 0 fully saturated rings. The van der Waals surface area contributed by atoms with Gasteiger partial charge in [-0.15, -0.1) is 0 Å². The Hall–Kier alpha value is -1.31. The molecule has 0 aromatic heterocycles. The van der Waals surface area contributed by atoms with Crippen molar-refractivity contribution in [2.45, 2.75) is 142 Å². The highest BCUT2D eigenvalue weighted by atomic mass is 16.5. The summed E-state index contributed by atoms with van der Waals surface area (Å²) in [5.41, 5.74) is 1.05. The number of rotatable bonds is 22. The van der Waals surface area contributed by atoms with Crippen molar-refractivity contribution in [2.24, 2.45) is 5.92 Å². The lowest BCUT2D eigenvalue weighted by molar-refractivity contribution is -0.146. The number of unbranched alkanes of at least 4 members (excludes halogenated alkanes) is 14. The maximum Gasteiger partial charge on any atom is 0.313 e. The Bertz CT molecular complexity index is 533. The van der Waals surface area contributed by atoms with Crippen LogP contribution in [0.1, 0.15) is 148 Å². The van der Waals surface area contributed by atoms with Gasteiger partial charge >= 0.3 is 5.97 Å². The van der Waals surface area contributed by atoms with Gasteiger partial charge in [0.2, 0.25) is 0 Å². The van der Waals surface area contributed by atoms with Gasteiger partial charge in [0.25, 0.3) is 0 Å². The zero-order valence-corrected chi connectivity index (χ0v) is 22.3. The lowest BCUT2D eigenvalue weighted by Crippen LogP contribution is -2.18. The van der Waals surface area contributed by atoms with Crippen LogP contribution in [0.3, 0.4) is 0 Å². The van der Waals surface area contributed by atoms with E-state index in [1.54, 1.807) is 0 Å². The molecule has 0 bridgehead atoms. The highest BCUT2D eigenvalue weighted by molar-refractivity contribution is 5.77. The maximum atomic E-state index is 12.6. The maximum absolute atomic E-state index is 12.6. The van der Waals surface area contributed by atoms with Crippen LogP contribution >= 0.6 is 0 Å². The Morgan fingerprint density at radius 3 is 1.55 bits per heavy atom. The average molecular weight is 459 g/mol. The fraction of sp³-hybridized carbons (Fsp3) is 0.774. The number of carbonyl (C=O) groups is 1. The van der Waals surface area contributed by atoms with Crippen LogP contribution in [0.5, 0.6) is 0 Å². The van der Waals surface area contributed by atoms with Crippen LogP contribution in [0.2, 0.25) is 0 Å². The molecule has 0 saturated heterocycles. The SMILES string of the molecule is CCCCCCCCCCC(CCCCCCCCCC)COC(=O)C(C)c1ccccc1. The summed E-state index contributed by atoms with van der Waals surface area (Å²) in [6.45, 7) is 7.12. The number of hydrogen-bond donors (Lipinski definition) is 0. The monoisotopic (exact) mass is 458 g/mol. The third-order valence-corrected chi connectivity index (χ3v) is 7.05. The van der Waals surface area contributed by atoms with Gasteiger partial charge in [-0.3, -0.25) is 4.79 Å². The second-order valence-corrected chi connectivity index (χ2v) is 10.2. The quantitative estimate of drug-likeness (QED) is 0.128. The molecule has 1 aromatic rings. The molecule has 0 aliphatic rings. The first-order valence-corrected chi connectivity index (χ1v) is 14.4. The van der Waals surface area contributed by atoms with E-state index in [0.717, 1.165) is 5.56 Å². The molecule has 1 atom stereocenters. The van der Waals surface area contributed by atoms with Crippen molar-refractivity contribution in [2.75, 3.05) is 6.61 Å². The molecule has 0 heterocycles. The highest BCUT2D eigenvalue weighted by Crippen LogP contribution is 2.22. The zero-order chi connectivity index (χ0) is 24.0. The molecule has 0 radical (unpaired) electrons. The summed E-state index contributed by atoms with van der Waals surface area (Å²) >= 11 is 0. The largest absolute Gasteiger partial charge is 0.465 e. The van der Waals surface area contributed by atoms with Crippen molar-refractivity contribution < 1.29 is 9.53 Å². The van der Waals surface area contributed by atoms with Crippen LogP contribution in [0.25, 0.3) is 0 Å². The molecule has 0 spiro atoms. The van der Waals surface area contributed by atoms with Crippen LogP contribution < -0.4 is 0 Å². The van der Waals surface area contributed by atoms with Crippen LogP contribution in [-0.2, 0) is 9.53 Å². The molecule has 0 aliphatic carbocycles. The Morgan fingerprint density at radius 1 is 0.667 bits per heavy atom. The van der Waals surface area contributed by atoms with Crippen LogP contribution in [0.15, 0.2) is 30.3 Å². The minimum Gasteiger partial charge on any atom is -0.465 e. The summed E-state index contributed by atoms with van der Waals surface area (Å²) in [5, 5.41) is 0. The van der Waals surface area contributed by atoms with Crippen LogP contribution in [-0.4, -0.2) is 12.6 Å². The molecular formula is C31H54O2. The van der Waals surface area contributed by atoms with Gasteiger partial charge in [0.1, 0.15) is 0 Å². The highest BCUT2D eigenvalue weighted by Gasteiger charge is 2.18. The molecule has 0 N–H and O–H groups in total. The van der Waals surface area contributed by atoms with Gasteiger partial charge in [0.15, 0.2) is 0 Å². The van der Waals surface area contributed by atoms with E-state index in [1.807, 2.05) is 37.3 Å². The van der Waals surface area contributed by atoms with Crippen LogP contribution in [0, 0.1) is 5.92 Å². The molecule has 0 amide bonds. The number of ether oxygens (including phenoxy) is 1. The smallest absolute Gasteiger partial charge is 0.313 e. The predicted molar refractivity (Wildman–Crippen MR) is 144 cm³/mol. The number of carbonyl (C=O) groups excluding carboxylic acids is 1. The molecule has 1 rings (SSSR count). The molecule has 2 nitrogen and oxygen atoms in total. The summed E-state index contributed by atoms with van der Waals surface area (Å²) in [4.78, 5) is 12.6. The van der Waals surface area contributed by atoms with E-state index in [2.05, 4.69) is 13.8 Å². The first-order chi connectivity index (χ1) is 16.2. The van der Waals surface area contributed by atoms with Gasteiger partial charge in [-0.2, -0.15) is 0 Å². The van der Waals surface area contributed by atoms with E-state index in [4.69, 9.17) is 4.74 Å². The summed E-state index contributed by atoms with van der Waals surface area (Å²) in [6, 6.07) is 10.0. The zero-order valence-electron chi connectivity index (χ0n) is 22.3. The Morgan fingerprint density at radius 2 is 1.09 bits per heavy atom. The third kappa shape index (κ3) is 16.0. The van der Waals surface area contributed by atoms with Crippen molar-refractivity contribution >= 4 is 5.97 Å². The minimum atomic E-state index is -0.182. The topological polar surface area (TPSA) is 26.3 Å². The fourth-order valence-corrected chi connectivity index (χ4v) is 4.65. The van der Waals surface area contributed by atoms with E-state index >= 15 is 0 Å². The van der Waals surface area contributed by atoms with Crippen molar-refractivity contribution in [3.8, 4) is 0 Å². The summed E-state index contributed by atoms with van der Waals surface area (Å²) in [7, 11) is 0. The average Bonchev–Trinajstić information content (AvgIpc) is 2.85. The normalized spacial score (nSPS) is 12.2. The summed E-state index contributed by atoms with van der Waals surface area (Å²) in [6.07, 6.45) is 24.1. The van der Waals surface area contributed by atoms with Gasteiger partial charge in [0.05, 0.1) is 12.5 Å². The standard InChI is InChI=1S/C31H54O2/c1-4-6-8-10-12-14-16-19-23-29(24-20-17-15-13-11-9-7-5-2)27-33-31(32)28(3)30-25-21-18-22-26-30/h18,21-22,25-26,28-29H,4-17,19-20,23-24,27H2,1-3H3. The molecule has 2 heteroatoms. The molecule has 190 valence electrons. The van der Waals surface area contributed by atoms with Crippen molar-refractivity contribution in [3.05, 3.63) is 35.9 Å². The van der Waals surface area contributed by atoms with E-state index < -0.39 is 0 Å². The third-order valence-electron chi connectivity index (χ3n) is 7.05. The number of benzene rings is 1. The van der Waals surface area contributed by atoms with Crippen molar-refractivity contribution in [3.63, 3.8) is 0 Å². The molecule has 1 aromatic carbocycles. The van der Waals surface area contributed by atoms with Gasteiger partial charge in [0, 0.05) is 0 Å². The predicted octanol–water partition coefficient (Wildman–Crippen LogP) is 10.0. The second-order valence-electron chi connectivity index (χ2n) is 10.2. The van der Waals surface area contributed by atoms with Crippen molar-refractivity contribution in [1.29, 1.82) is 0 Å². The van der Waals surface area contributed by atoms with Gasteiger partial charge in [-0.1, -0.05) is 147 Å². The lowest BCUT2D eigenvalue weighted by atomic mass is 9.94. The fourth-order valence-electron chi connectivity index (χ4n) is 4.65. The molecule has 1 unspecified atom stereocenters. The Labute approximate surface area is 206 Å². The number of hydrogen-bond acceptors (Lipinski definition) is 2. The first kappa shape index (κ1) is 29.7. The first-order valence-electron chi connectivity index (χ1n) is 14.4. The van der Waals surface area contributed by atoms with E-state index in [1.165, 1.54) is 116 Å². The van der Waals surface area contributed by atoms with E-state index in [-0.39, 0.29) is 11.9 Å². The van der Waals surface area contributed by atoms with E-state index in [9.17, 15) is 4.79 Å². The van der Waals surface area contributed by atoms with Crippen LogP contribution in [0.4, 0.5) is 0 Å². The molecule has 0 saturated carbocycles. The van der Waals surface area contributed by atoms with Gasteiger partial charge < -0.3 is 4.74 Å².